The molecule has 0 aromatic heterocycles. The highest BCUT2D eigenvalue weighted by Gasteiger charge is 2.48. The second kappa shape index (κ2) is 6.40. The van der Waals surface area contributed by atoms with Crippen LogP contribution < -0.4 is 10.1 Å². The average molecular weight is 316 g/mol. The molecule has 1 saturated carbocycles. The molecule has 6 heteroatoms. The second-order valence-corrected chi connectivity index (χ2v) is 6.04. The molecular weight excluding hydrogens is 296 g/mol. The van der Waals surface area contributed by atoms with Gasteiger partial charge in [0, 0.05) is 5.69 Å². The number of carbonyl (C=O) groups excluding carboxylic acids is 3. The van der Waals surface area contributed by atoms with Crippen LogP contribution in [0.5, 0.6) is 5.75 Å². The van der Waals surface area contributed by atoms with Gasteiger partial charge in [-0.3, -0.25) is 19.3 Å². The van der Waals surface area contributed by atoms with E-state index in [2.05, 4.69) is 5.32 Å². The molecule has 3 rings (SSSR count). The Morgan fingerprint density at radius 2 is 1.70 bits per heavy atom. The minimum atomic E-state index is -0.365. The van der Waals surface area contributed by atoms with Crippen molar-refractivity contribution in [1.29, 1.82) is 0 Å². The van der Waals surface area contributed by atoms with E-state index in [-0.39, 0.29) is 36.1 Å². The number of ether oxygens (including phenoxy) is 1. The largest absolute Gasteiger partial charge is 0.497 e. The molecule has 0 unspecified atom stereocenters. The quantitative estimate of drug-likeness (QED) is 0.860. The third-order valence-electron chi connectivity index (χ3n) is 4.61. The fourth-order valence-corrected chi connectivity index (χ4v) is 3.41. The van der Waals surface area contributed by atoms with Crippen molar-refractivity contribution in [2.24, 2.45) is 11.8 Å². The third kappa shape index (κ3) is 3.06. The summed E-state index contributed by atoms with van der Waals surface area (Å²) in [5, 5.41) is 2.70. The van der Waals surface area contributed by atoms with Crippen molar-refractivity contribution in [2.45, 2.75) is 25.7 Å². The van der Waals surface area contributed by atoms with Crippen molar-refractivity contribution in [2.75, 3.05) is 19.0 Å². The van der Waals surface area contributed by atoms with Crippen LogP contribution in [0, 0.1) is 11.8 Å². The van der Waals surface area contributed by atoms with Gasteiger partial charge in [0.2, 0.25) is 17.7 Å². The summed E-state index contributed by atoms with van der Waals surface area (Å²) in [6.07, 6.45) is 3.47. The number of amides is 3. The van der Waals surface area contributed by atoms with Gasteiger partial charge in [-0.2, -0.15) is 0 Å². The number of nitrogens with one attached hydrogen (secondary N) is 1. The number of fused-ring (bicyclic) bond motifs is 1. The third-order valence-corrected chi connectivity index (χ3v) is 4.61. The summed E-state index contributed by atoms with van der Waals surface area (Å²) in [6, 6.07) is 6.89. The van der Waals surface area contributed by atoms with E-state index in [9.17, 15) is 14.4 Å². The topological polar surface area (TPSA) is 75.7 Å². The van der Waals surface area contributed by atoms with Crippen LogP contribution in [0.2, 0.25) is 0 Å². The van der Waals surface area contributed by atoms with Gasteiger partial charge in [0.05, 0.1) is 18.9 Å². The summed E-state index contributed by atoms with van der Waals surface area (Å²) in [4.78, 5) is 37.9. The number of anilines is 1. The number of rotatable bonds is 4. The molecule has 23 heavy (non-hydrogen) atoms. The van der Waals surface area contributed by atoms with E-state index in [1.807, 2.05) is 0 Å². The van der Waals surface area contributed by atoms with E-state index in [0.29, 0.717) is 11.4 Å². The molecule has 2 aliphatic rings. The Kier molecular flexibility index (Phi) is 4.32. The molecule has 122 valence electrons. The Balaban J connectivity index is 1.63. The fraction of sp³-hybridized carbons (Fsp3) is 0.471. The normalized spacial score (nSPS) is 23.6. The molecule has 1 aromatic carbocycles. The predicted octanol–water partition coefficient (Wildman–Crippen LogP) is 1.81. The lowest BCUT2D eigenvalue weighted by atomic mass is 9.81. The van der Waals surface area contributed by atoms with Crippen molar-refractivity contribution in [3.63, 3.8) is 0 Å². The van der Waals surface area contributed by atoms with E-state index in [4.69, 9.17) is 4.74 Å². The first kappa shape index (κ1) is 15.5. The second-order valence-electron chi connectivity index (χ2n) is 6.04. The monoisotopic (exact) mass is 316 g/mol. The predicted molar refractivity (Wildman–Crippen MR) is 83.8 cm³/mol. The maximum Gasteiger partial charge on any atom is 0.244 e. The molecule has 1 aromatic rings. The molecule has 0 bridgehead atoms. The van der Waals surface area contributed by atoms with E-state index in [0.717, 1.165) is 30.6 Å². The zero-order chi connectivity index (χ0) is 16.4. The highest BCUT2D eigenvalue weighted by Crippen LogP contribution is 2.37. The van der Waals surface area contributed by atoms with Crippen LogP contribution in [-0.2, 0) is 14.4 Å². The number of hydrogen-bond donors (Lipinski definition) is 1. The van der Waals surface area contributed by atoms with E-state index < -0.39 is 0 Å². The van der Waals surface area contributed by atoms with Crippen LogP contribution in [0.15, 0.2) is 24.3 Å². The molecule has 0 radical (unpaired) electrons. The minimum Gasteiger partial charge on any atom is -0.497 e. The Morgan fingerprint density at radius 1 is 1.13 bits per heavy atom. The van der Waals surface area contributed by atoms with Crippen molar-refractivity contribution < 1.29 is 19.1 Å². The van der Waals surface area contributed by atoms with Gasteiger partial charge in [-0.25, -0.2) is 0 Å². The lowest BCUT2D eigenvalue weighted by Crippen LogP contribution is -2.38. The van der Waals surface area contributed by atoms with E-state index >= 15 is 0 Å². The number of hydrogen-bond acceptors (Lipinski definition) is 4. The van der Waals surface area contributed by atoms with E-state index in [1.165, 1.54) is 0 Å². The molecule has 1 N–H and O–H groups in total. The molecule has 1 saturated heterocycles. The maximum absolute atomic E-state index is 12.3. The van der Waals surface area contributed by atoms with Gasteiger partial charge >= 0.3 is 0 Å². The summed E-state index contributed by atoms with van der Waals surface area (Å²) >= 11 is 0. The summed E-state index contributed by atoms with van der Waals surface area (Å²) in [5.41, 5.74) is 0.604. The van der Waals surface area contributed by atoms with Gasteiger partial charge in [-0.1, -0.05) is 12.8 Å². The average Bonchev–Trinajstić information content (AvgIpc) is 2.81. The van der Waals surface area contributed by atoms with Crippen LogP contribution in [0.1, 0.15) is 25.7 Å². The minimum absolute atomic E-state index is 0.190. The molecule has 3 amide bonds. The zero-order valence-electron chi connectivity index (χ0n) is 13.1. The first-order valence-corrected chi connectivity index (χ1v) is 7.89. The van der Waals surface area contributed by atoms with Crippen molar-refractivity contribution >= 4 is 23.4 Å². The molecule has 1 aliphatic heterocycles. The number of carbonyl (C=O) groups is 3. The summed E-state index contributed by atoms with van der Waals surface area (Å²) < 4.78 is 5.05. The molecule has 6 nitrogen and oxygen atoms in total. The SMILES string of the molecule is COc1ccc(NC(=O)CN2C(=O)[C@@H]3CCCC[C@H]3C2=O)cc1. The summed E-state index contributed by atoms with van der Waals surface area (Å²) in [7, 11) is 1.57. The Bertz CT molecular complexity index is 602. The molecule has 2 fully saturated rings. The van der Waals surface area contributed by atoms with E-state index in [1.54, 1.807) is 31.4 Å². The highest BCUT2D eigenvalue weighted by atomic mass is 16.5. The number of imide groups is 1. The van der Waals surface area contributed by atoms with Gasteiger partial charge in [0.1, 0.15) is 12.3 Å². The van der Waals surface area contributed by atoms with Crippen LogP contribution in [-0.4, -0.2) is 36.3 Å². The molecular formula is C17H20N2O4. The Morgan fingerprint density at radius 3 is 2.22 bits per heavy atom. The van der Waals surface area contributed by atoms with Crippen LogP contribution >= 0.6 is 0 Å². The number of methoxy groups -OCH3 is 1. The molecule has 1 heterocycles. The van der Waals surface area contributed by atoms with Gasteiger partial charge in [0.15, 0.2) is 0 Å². The summed E-state index contributed by atoms with van der Waals surface area (Å²) in [5.74, 6) is -0.489. The van der Waals surface area contributed by atoms with Gasteiger partial charge < -0.3 is 10.1 Å². The molecule has 2 atom stereocenters. The number of nitrogens with zero attached hydrogens (tertiary/aromatic N) is 1. The van der Waals surface area contributed by atoms with Gasteiger partial charge in [-0.05, 0) is 37.1 Å². The lowest BCUT2D eigenvalue weighted by molar-refractivity contribution is -0.142. The fourth-order valence-electron chi connectivity index (χ4n) is 3.41. The number of benzene rings is 1. The van der Waals surface area contributed by atoms with Crippen molar-refractivity contribution in [3.05, 3.63) is 24.3 Å². The standard InChI is InChI=1S/C17H20N2O4/c1-23-12-8-6-11(7-9-12)18-15(20)10-19-16(21)13-4-2-3-5-14(13)17(19)22/h6-9,13-14H,2-5,10H2,1H3,(H,18,20)/t13-,14-/m1/s1. The van der Waals surface area contributed by atoms with Crippen molar-refractivity contribution in [1.82, 2.24) is 4.90 Å². The molecule has 0 spiro atoms. The van der Waals surface area contributed by atoms with Crippen LogP contribution in [0.25, 0.3) is 0 Å². The van der Waals surface area contributed by atoms with Gasteiger partial charge in [0.25, 0.3) is 0 Å². The Hall–Kier alpha value is -2.37. The number of likely N-dealkylation sites (tertiary alicyclic amines) is 1. The van der Waals surface area contributed by atoms with Gasteiger partial charge in [-0.15, -0.1) is 0 Å². The van der Waals surface area contributed by atoms with Crippen molar-refractivity contribution in [3.8, 4) is 5.75 Å². The van der Waals surface area contributed by atoms with Crippen LogP contribution in [0.4, 0.5) is 5.69 Å². The molecule has 1 aliphatic carbocycles. The van der Waals surface area contributed by atoms with Crippen LogP contribution in [0.3, 0.4) is 0 Å². The summed E-state index contributed by atoms with van der Waals surface area (Å²) in [6.45, 7) is -0.212. The first-order chi connectivity index (χ1) is 11.1. The zero-order valence-corrected chi connectivity index (χ0v) is 13.1. The first-order valence-electron chi connectivity index (χ1n) is 7.89. The maximum atomic E-state index is 12.3. The Labute approximate surface area is 134 Å². The smallest absolute Gasteiger partial charge is 0.244 e. The highest BCUT2D eigenvalue weighted by molar-refractivity contribution is 6.08. The lowest BCUT2D eigenvalue weighted by Gasteiger charge is -2.19.